The number of methoxy groups -OCH3 is 2. The Bertz CT molecular complexity index is 756. The molecular weight excluding hydrogens is 483 g/mol. The van der Waals surface area contributed by atoms with Crippen molar-refractivity contribution in [2.75, 3.05) is 27.3 Å². The zero-order valence-electron chi connectivity index (χ0n) is 18.0. The largest absolute Gasteiger partial charge is 0.493 e. The summed E-state index contributed by atoms with van der Waals surface area (Å²) in [7, 11) is 3.29. The van der Waals surface area contributed by atoms with Crippen LogP contribution in [0.3, 0.4) is 0 Å². The fourth-order valence-electron chi connectivity index (χ4n) is 2.98. The van der Waals surface area contributed by atoms with Crippen LogP contribution in [0.1, 0.15) is 43.4 Å². The third-order valence-electron chi connectivity index (χ3n) is 4.50. The smallest absolute Gasteiger partial charge is 0.191 e. The highest BCUT2D eigenvalue weighted by Gasteiger charge is 2.13. The van der Waals surface area contributed by atoms with Gasteiger partial charge in [-0.1, -0.05) is 25.1 Å². The molecule has 1 aromatic carbocycles. The van der Waals surface area contributed by atoms with Crippen LogP contribution in [0.15, 0.2) is 27.7 Å². The fourth-order valence-corrected chi connectivity index (χ4v) is 2.98. The van der Waals surface area contributed by atoms with Crippen LogP contribution in [0.5, 0.6) is 11.5 Å². The normalized spacial score (nSPS) is 11.0. The van der Waals surface area contributed by atoms with E-state index in [-0.39, 0.29) is 24.0 Å². The minimum atomic E-state index is 0. The Morgan fingerprint density at radius 1 is 1.07 bits per heavy atom. The van der Waals surface area contributed by atoms with Gasteiger partial charge in [0.15, 0.2) is 17.5 Å². The van der Waals surface area contributed by atoms with Crippen LogP contribution in [-0.2, 0) is 25.8 Å². The standard InChI is InChI=1S/C21H32N4O3.HI/c1-6-17-16(18(7-2)28-25-17)14-24-21(22-8-3)23-12-11-15-9-10-19(26-4)20(13-15)27-5;/h9-10,13H,6-8,11-12,14H2,1-5H3,(H2,22,23,24);1H. The number of halogens is 1. The third kappa shape index (κ3) is 7.09. The van der Waals surface area contributed by atoms with Crippen LogP contribution in [0.2, 0.25) is 0 Å². The van der Waals surface area contributed by atoms with Crippen molar-refractivity contribution in [3.63, 3.8) is 0 Å². The Morgan fingerprint density at radius 3 is 2.45 bits per heavy atom. The van der Waals surface area contributed by atoms with E-state index < -0.39 is 0 Å². The van der Waals surface area contributed by atoms with Gasteiger partial charge in [0.25, 0.3) is 0 Å². The summed E-state index contributed by atoms with van der Waals surface area (Å²) >= 11 is 0. The highest BCUT2D eigenvalue weighted by atomic mass is 127. The molecule has 0 saturated carbocycles. The van der Waals surface area contributed by atoms with Crippen molar-refractivity contribution in [2.45, 2.75) is 46.6 Å². The van der Waals surface area contributed by atoms with Gasteiger partial charge in [-0.2, -0.15) is 0 Å². The third-order valence-corrected chi connectivity index (χ3v) is 4.50. The van der Waals surface area contributed by atoms with Crippen molar-refractivity contribution >= 4 is 29.9 Å². The van der Waals surface area contributed by atoms with Gasteiger partial charge < -0.3 is 24.6 Å². The first kappa shape index (κ1) is 25.1. The monoisotopic (exact) mass is 516 g/mol. The quantitative estimate of drug-likeness (QED) is 0.285. The number of nitrogens with one attached hydrogen (secondary N) is 2. The van der Waals surface area contributed by atoms with Crippen LogP contribution in [-0.4, -0.2) is 38.4 Å². The van der Waals surface area contributed by atoms with Gasteiger partial charge in [-0.05, 0) is 37.5 Å². The summed E-state index contributed by atoms with van der Waals surface area (Å²) in [6.07, 6.45) is 2.51. The van der Waals surface area contributed by atoms with Gasteiger partial charge in [0.2, 0.25) is 0 Å². The lowest BCUT2D eigenvalue weighted by atomic mass is 10.1. The van der Waals surface area contributed by atoms with Crippen LogP contribution in [0.4, 0.5) is 0 Å². The fraction of sp³-hybridized carbons (Fsp3) is 0.524. The summed E-state index contributed by atoms with van der Waals surface area (Å²) < 4.78 is 16.1. The molecule has 2 rings (SSSR count). The van der Waals surface area contributed by atoms with Gasteiger partial charge in [-0.15, -0.1) is 24.0 Å². The average molecular weight is 516 g/mol. The lowest BCUT2D eigenvalue weighted by molar-refractivity contribution is 0.354. The van der Waals surface area contributed by atoms with Crippen molar-refractivity contribution in [3.05, 3.63) is 40.8 Å². The van der Waals surface area contributed by atoms with E-state index in [9.17, 15) is 0 Å². The first-order chi connectivity index (χ1) is 13.7. The number of nitrogens with zero attached hydrogens (tertiary/aromatic N) is 2. The number of aromatic nitrogens is 1. The molecule has 0 amide bonds. The van der Waals surface area contributed by atoms with Crippen LogP contribution in [0.25, 0.3) is 0 Å². The Kier molecular flexibility index (Phi) is 11.5. The number of guanidine groups is 1. The topological polar surface area (TPSA) is 80.9 Å². The zero-order valence-corrected chi connectivity index (χ0v) is 20.3. The van der Waals surface area contributed by atoms with Crippen molar-refractivity contribution in [2.24, 2.45) is 4.99 Å². The molecule has 162 valence electrons. The average Bonchev–Trinajstić information content (AvgIpc) is 3.13. The Balaban J connectivity index is 0.00000420. The second kappa shape index (κ2) is 13.3. The summed E-state index contributed by atoms with van der Waals surface area (Å²) in [4.78, 5) is 4.72. The molecule has 0 aliphatic rings. The lowest BCUT2D eigenvalue weighted by Gasteiger charge is -2.13. The predicted molar refractivity (Wildman–Crippen MR) is 127 cm³/mol. The van der Waals surface area contributed by atoms with Crippen molar-refractivity contribution in [1.82, 2.24) is 15.8 Å². The number of rotatable bonds is 10. The Hall–Kier alpha value is -1.97. The number of ether oxygens (including phenoxy) is 2. The predicted octanol–water partition coefficient (Wildman–Crippen LogP) is 3.73. The SMILES string of the molecule is CCNC(=NCc1c(CC)noc1CC)NCCc1ccc(OC)c(OC)c1.I. The second-order valence-corrected chi connectivity index (χ2v) is 6.30. The summed E-state index contributed by atoms with van der Waals surface area (Å²) in [5.74, 6) is 3.18. The molecule has 0 aliphatic carbocycles. The van der Waals surface area contributed by atoms with Gasteiger partial charge in [-0.25, -0.2) is 4.99 Å². The first-order valence-corrected chi connectivity index (χ1v) is 9.86. The summed E-state index contributed by atoms with van der Waals surface area (Å²) in [5.41, 5.74) is 3.26. The van der Waals surface area contributed by atoms with Gasteiger partial charge in [0, 0.05) is 25.1 Å². The van der Waals surface area contributed by atoms with Gasteiger partial charge in [-0.3, -0.25) is 0 Å². The van der Waals surface area contributed by atoms with E-state index in [0.29, 0.717) is 6.54 Å². The number of hydrogen-bond donors (Lipinski definition) is 2. The molecule has 0 spiro atoms. The maximum absolute atomic E-state index is 5.43. The molecule has 0 bridgehead atoms. The highest BCUT2D eigenvalue weighted by molar-refractivity contribution is 14.0. The van der Waals surface area contributed by atoms with E-state index in [1.54, 1.807) is 14.2 Å². The lowest BCUT2D eigenvalue weighted by Crippen LogP contribution is -2.38. The number of hydrogen-bond acceptors (Lipinski definition) is 5. The van der Waals surface area contributed by atoms with E-state index in [0.717, 1.165) is 66.8 Å². The van der Waals surface area contributed by atoms with Gasteiger partial charge in [0.05, 0.1) is 26.5 Å². The minimum absolute atomic E-state index is 0. The molecule has 29 heavy (non-hydrogen) atoms. The molecule has 0 aliphatic heterocycles. The maximum Gasteiger partial charge on any atom is 0.191 e. The van der Waals surface area contributed by atoms with Crippen LogP contribution >= 0.6 is 24.0 Å². The maximum atomic E-state index is 5.43. The molecule has 0 atom stereocenters. The molecule has 2 N–H and O–H groups in total. The number of aryl methyl sites for hydroxylation is 2. The zero-order chi connectivity index (χ0) is 20.4. The van der Waals surface area contributed by atoms with Gasteiger partial charge in [0.1, 0.15) is 5.76 Å². The molecule has 7 nitrogen and oxygen atoms in total. The number of benzene rings is 1. The van der Waals surface area contributed by atoms with E-state index in [1.165, 1.54) is 5.56 Å². The Labute approximate surface area is 190 Å². The van der Waals surface area contributed by atoms with E-state index in [2.05, 4.69) is 36.6 Å². The summed E-state index contributed by atoms with van der Waals surface area (Å²) in [6.45, 7) is 8.32. The molecule has 0 fully saturated rings. The van der Waals surface area contributed by atoms with Crippen LogP contribution in [0, 0.1) is 0 Å². The van der Waals surface area contributed by atoms with E-state index in [1.807, 2.05) is 18.2 Å². The van der Waals surface area contributed by atoms with Gasteiger partial charge >= 0.3 is 0 Å². The van der Waals surface area contributed by atoms with Crippen molar-refractivity contribution < 1.29 is 14.0 Å². The molecule has 8 heteroatoms. The Morgan fingerprint density at radius 2 is 1.83 bits per heavy atom. The highest BCUT2D eigenvalue weighted by Crippen LogP contribution is 2.27. The molecule has 2 aromatic rings. The molecule has 0 saturated heterocycles. The van der Waals surface area contributed by atoms with Crippen molar-refractivity contribution in [3.8, 4) is 11.5 Å². The molecule has 1 heterocycles. The van der Waals surface area contributed by atoms with E-state index >= 15 is 0 Å². The van der Waals surface area contributed by atoms with Crippen molar-refractivity contribution in [1.29, 1.82) is 0 Å². The summed E-state index contributed by atoms with van der Waals surface area (Å²) in [6, 6.07) is 5.98. The molecular formula is C21H33IN4O3. The second-order valence-electron chi connectivity index (χ2n) is 6.30. The summed E-state index contributed by atoms with van der Waals surface area (Å²) in [5, 5.41) is 10.8. The number of aliphatic imine (C=N–C) groups is 1. The minimum Gasteiger partial charge on any atom is -0.493 e. The van der Waals surface area contributed by atoms with Crippen LogP contribution < -0.4 is 20.1 Å². The molecule has 0 unspecified atom stereocenters. The first-order valence-electron chi connectivity index (χ1n) is 9.86. The molecule has 0 radical (unpaired) electrons. The van der Waals surface area contributed by atoms with E-state index in [4.69, 9.17) is 19.0 Å². The molecule has 1 aromatic heterocycles.